The first-order valence-corrected chi connectivity index (χ1v) is 7.61. The molecule has 0 bridgehead atoms. The summed E-state index contributed by atoms with van der Waals surface area (Å²) in [5.41, 5.74) is 0.369. The predicted octanol–water partition coefficient (Wildman–Crippen LogP) is 3.31. The molecule has 21 heavy (non-hydrogen) atoms. The number of epoxide rings is 1. The summed E-state index contributed by atoms with van der Waals surface area (Å²) >= 11 is 0. The van der Waals surface area contributed by atoms with Crippen molar-refractivity contribution in [3.05, 3.63) is 35.9 Å². The lowest BCUT2D eigenvalue weighted by Crippen LogP contribution is -2.45. The Morgan fingerprint density at radius 3 is 2.57 bits per heavy atom. The Balaban J connectivity index is 1.80. The Kier molecular flexibility index (Phi) is 3.44. The minimum absolute atomic E-state index is 0.0785. The largest absolute Gasteiger partial charge is 0.444 e. The fourth-order valence-corrected chi connectivity index (χ4v) is 3.14. The molecule has 114 valence electrons. The van der Waals surface area contributed by atoms with Gasteiger partial charge in [0.05, 0.1) is 12.6 Å². The van der Waals surface area contributed by atoms with Crippen LogP contribution in [-0.2, 0) is 15.1 Å². The normalized spacial score (nSPS) is 28.5. The van der Waals surface area contributed by atoms with E-state index < -0.39 is 5.60 Å². The summed E-state index contributed by atoms with van der Waals surface area (Å²) in [7, 11) is 0. The number of hydrogen-bond acceptors (Lipinski definition) is 3. The second kappa shape index (κ2) is 5.02. The molecule has 1 aromatic carbocycles. The zero-order chi connectivity index (χ0) is 15.1. The number of benzene rings is 1. The molecule has 3 rings (SSSR count). The summed E-state index contributed by atoms with van der Waals surface area (Å²) in [6.45, 7) is 7.13. The summed E-state index contributed by atoms with van der Waals surface area (Å²) in [5.74, 6) is 0. The first-order chi connectivity index (χ1) is 9.92. The van der Waals surface area contributed by atoms with Gasteiger partial charge in [-0.1, -0.05) is 30.3 Å². The van der Waals surface area contributed by atoms with Gasteiger partial charge >= 0.3 is 6.09 Å². The standard InChI is InChI=1S/C17H23NO3/c1-16(2,3)21-15(19)18-11-7-10-14(18)17(12-20-17)13-8-5-4-6-9-13/h4-6,8-9,14H,7,10-12H2,1-3H3/t14-,17-/m0/s1. The molecular weight excluding hydrogens is 266 g/mol. The lowest BCUT2D eigenvalue weighted by atomic mass is 9.90. The first kappa shape index (κ1) is 14.4. The van der Waals surface area contributed by atoms with E-state index in [0.717, 1.165) is 24.9 Å². The monoisotopic (exact) mass is 289 g/mol. The van der Waals surface area contributed by atoms with Gasteiger partial charge in [0.25, 0.3) is 0 Å². The van der Waals surface area contributed by atoms with Crippen molar-refractivity contribution in [1.29, 1.82) is 0 Å². The van der Waals surface area contributed by atoms with Crippen LogP contribution in [0.15, 0.2) is 30.3 Å². The van der Waals surface area contributed by atoms with E-state index in [0.29, 0.717) is 6.61 Å². The average Bonchev–Trinajstić information content (AvgIpc) is 3.08. The smallest absolute Gasteiger partial charge is 0.410 e. The molecule has 4 heteroatoms. The van der Waals surface area contributed by atoms with E-state index in [4.69, 9.17) is 9.47 Å². The summed E-state index contributed by atoms with van der Waals surface area (Å²) in [5, 5.41) is 0. The molecule has 2 aliphatic rings. The second-order valence-electron chi connectivity index (χ2n) is 6.88. The molecule has 1 amide bonds. The molecule has 2 heterocycles. The van der Waals surface area contributed by atoms with Crippen molar-refractivity contribution in [3.8, 4) is 0 Å². The van der Waals surface area contributed by atoms with Crippen LogP contribution in [0.2, 0.25) is 0 Å². The maximum atomic E-state index is 12.4. The highest BCUT2D eigenvalue weighted by molar-refractivity contribution is 5.69. The van der Waals surface area contributed by atoms with Gasteiger partial charge in [0.1, 0.15) is 11.2 Å². The first-order valence-electron chi connectivity index (χ1n) is 7.61. The van der Waals surface area contributed by atoms with Gasteiger partial charge in [-0.3, -0.25) is 0 Å². The molecule has 0 N–H and O–H groups in total. The van der Waals surface area contributed by atoms with Crippen LogP contribution in [0.5, 0.6) is 0 Å². The third-order valence-electron chi connectivity index (χ3n) is 4.14. The molecule has 0 radical (unpaired) electrons. The lowest BCUT2D eigenvalue weighted by molar-refractivity contribution is 0.0143. The van der Waals surface area contributed by atoms with E-state index in [-0.39, 0.29) is 17.7 Å². The molecule has 0 spiro atoms. The summed E-state index contributed by atoms with van der Waals surface area (Å²) in [6, 6.07) is 10.3. The molecule has 0 aromatic heterocycles. The molecule has 4 nitrogen and oxygen atoms in total. The molecular formula is C17H23NO3. The van der Waals surface area contributed by atoms with E-state index >= 15 is 0 Å². The molecule has 2 aliphatic heterocycles. The SMILES string of the molecule is CC(C)(C)OC(=O)N1CCC[C@H]1[C@@]1(c2ccccc2)CO1. The number of hydrogen-bond donors (Lipinski definition) is 0. The van der Waals surface area contributed by atoms with Crippen molar-refractivity contribution in [2.45, 2.75) is 50.9 Å². The van der Waals surface area contributed by atoms with Crippen molar-refractivity contribution in [1.82, 2.24) is 4.90 Å². The maximum Gasteiger partial charge on any atom is 0.410 e. The van der Waals surface area contributed by atoms with E-state index in [2.05, 4.69) is 12.1 Å². The van der Waals surface area contributed by atoms with Gasteiger partial charge in [0.15, 0.2) is 0 Å². The fraction of sp³-hybridized carbons (Fsp3) is 0.588. The molecule has 0 saturated carbocycles. The quantitative estimate of drug-likeness (QED) is 0.784. The third-order valence-corrected chi connectivity index (χ3v) is 4.14. The number of amides is 1. The van der Waals surface area contributed by atoms with Crippen LogP contribution < -0.4 is 0 Å². The molecule has 2 fully saturated rings. The zero-order valence-corrected chi connectivity index (χ0v) is 13.0. The van der Waals surface area contributed by atoms with Crippen LogP contribution in [0.1, 0.15) is 39.2 Å². The lowest BCUT2D eigenvalue weighted by Gasteiger charge is -2.32. The van der Waals surface area contributed by atoms with Crippen LogP contribution >= 0.6 is 0 Å². The van der Waals surface area contributed by atoms with Gasteiger partial charge in [-0.15, -0.1) is 0 Å². The van der Waals surface area contributed by atoms with Gasteiger partial charge in [0, 0.05) is 6.54 Å². The number of likely N-dealkylation sites (tertiary alicyclic amines) is 1. The van der Waals surface area contributed by atoms with Gasteiger partial charge in [-0.25, -0.2) is 4.79 Å². The third kappa shape index (κ3) is 2.77. The molecule has 0 aliphatic carbocycles. The summed E-state index contributed by atoms with van der Waals surface area (Å²) in [6.07, 6.45) is 1.74. The Labute approximate surface area is 126 Å². The van der Waals surface area contributed by atoms with Crippen molar-refractivity contribution in [2.75, 3.05) is 13.2 Å². The number of rotatable bonds is 2. The second-order valence-corrected chi connectivity index (χ2v) is 6.88. The van der Waals surface area contributed by atoms with Gasteiger partial charge in [0.2, 0.25) is 0 Å². The van der Waals surface area contributed by atoms with Gasteiger partial charge in [-0.05, 0) is 39.2 Å². The number of nitrogens with zero attached hydrogens (tertiary/aromatic N) is 1. The highest BCUT2D eigenvalue weighted by Gasteiger charge is 2.57. The van der Waals surface area contributed by atoms with Gasteiger partial charge in [-0.2, -0.15) is 0 Å². The fourth-order valence-electron chi connectivity index (χ4n) is 3.14. The van der Waals surface area contributed by atoms with Crippen molar-refractivity contribution in [2.24, 2.45) is 0 Å². The molecule has 1 aromatic rings. The van der Waals surface area contributed by atoms with Crippen molar-refractivity contribution in [3.63, 3.8) is 0 Å². The van der Waals surface area contributed by atoms with Crippen LogP contribution in [0.3, 0.4) is 0 Å². The molecule has 2 atom stereocenters. The van der Waals surface area contributed by atoms with Gasteiger partial charge < -0.3 is 14.4 Å². The Morgan fingerprint density at radius 2 is 2.00 bits per heavy atom. The van der Waals surface area contributed by atoms with Crippen LogP contribution in [0, 0.1) is 0 Å². The Bertz CT molecular complexity index is 517. The summed E-state index contributed by atoms with van der Waals surface area (Å²) in [4.78, 5) is 14.3. The summed E-state index contributed by atoms with van der Waals surface area (Å²) < 4.78 is 11.4. The van der Waals surface area contributed by atoms with E-state index in [1.807, 2.05) is 43.9 Å². The minimum atomic E-state index is -0.464. The number of carbonyl (C=O) groups is 1. The average molecular weight is 289 g/mol. The zero-order valence-electron chi connectivity index (χ0n) is 13.0. The van der Waals surface area contributed by atoms with E-state index in [1.165, 1.54) is 0 Å². The van der Waals surface area contributed by atoms with Crippen molar-refractivity contribution < 1.29 is 14.3 Å². The molecule has 2 saturated heterocycles. The van der Waals surface area contributed by atoms with E-state index in [9.17, 15) is 4.79 Å². The topological polar surface area (TPSA) is 42.1 Å². The van der Waals surface area contributed by atoms with Crippen LogP contribution in [-0.4, -0.2) is 35.8 Å². The highest BCUT2D eigenvalue weighted by atomic mass is 16.6. The van der Waals surface area contributed by atoms with Crippen LogP contribution in [0.25, 0.3) is 0 Å². The predicted molar refractivity (Wildman–Crippen MR) is 80.0 cm³/mol. The highest BCUT2D eigenvalue weighted by Crippen LogP contribution is 2.47. The number of ether oxygens (including phenoxy) is 2. The van der Waals surface area contributed by atoms with Crippen molar-refractivity contribution >= 4 is 6.09 Å². The Morgan fingerprint density at radius 1 is 1.33 bits per heavy atom. The molecule has 0 unspecified atom stereocenters. The van der Waals surface area contributed by atoms with E-state index in [1.54, 1.807) is 0 Å². The Hall–Kier alpha value is -1.55. The maximum absolute atomic E-state index is 12.4. The number of carbonyl (C=O) groups excluding carboxylic acids is 1. The minimum Gasteiger partial charge on any atom is -0.444 e. The van der Waals surface area contributed by atoms with Crippen LogP contribution in [0.4, 0.5) is 4.79 Å².